The summed E-state index contributed by atoms with van der Waals surface area (Å²) in [5.41, 5.74) is 8.78. The topological polar surface area (TPSA) is 102 Å². The lowest BCUT2D eigenvalue weighted by molar-refractivity contribution is -0.111. The van der Waals surface area contributed by atoms with E-state index in [1.807, 2.05) is 38.1 Å². The number of benzene rings is 4. The molecular weight excluding hydrogens is 454 g/mol. The van der Waals surface area contributed by atoms with E-state index in [0.29, 0.717) is 28.2 Å². The Labute approximate surface area is 208 Å². The van der Waals surface area contributed by atoms with Gasteiger partial charge in [-0.3, -0.25) is 15.1 Å². The second-order valence-electron chi connectivity index (χ2n) is 8.66. The molecule has 0 unspecified atom stereocenters. The quantitative estimate of drug-likeness (QED) is 0.246. The summed E-state index contributed by atoms with van der Waals surface area (Å²) in [6.07, 6.45) is 0. The van der Waals surface area contributed by atoms with Crippen LogP contribution in [0.1, 0.15) is 27.0 Å². The number of rotatable bonds is 5. The summed E-state index contributed by atoms with van der Waals surface area (Å²) in [7, 11) is 0. The minimum Gasteiger partial charge on any atom is -0.505 e. The summed E-state index contributed by atoms with van der Waals surface area (Å²) >= 11 is 0. The maximum absolute atomic E-state index is 13.5. The van der Waals surface area contributed by atoms with Crippen molar-refractivity contribution in [2.45, 2.75) is 13.8 Å². The monoisotopic (exact) mass is 477 g/mol. The number of para-hydroxylation sites is 2. The molecule has 7 heteroatoms. The number of phenols is 1. The number of carbonyl (C=O) groups excluding carboxylic acids is 1. The van der Waals surface area contributed by atoms with Crippen LogP contribution in [-0.2, 0) is 4.79 Å². The minimum absolute atomic E-state index is 0.0246. The summed E-state index contributed by atoms with van der Waals surface area (Å²) in [4.78, 5) is 26.4. The first-order valence-corrected chi connectivity index (χ1v) is 11.3. The van der Waals surface area contributed by atoms with Gasteiger partial charge in [-0.15, -0.1) is 0 Å². The van der Waals surface area contributed by atoms with Crippen molar-refractivity contribution in [3.63, 3.8) is 0 Å². The van der Waals surface area contributed by atoms with Gasteiger partial charge in [0.2, 0.25) is 0 Å². The van der Waals surface area contributed by atoms with Crippen molar-refractivity contribution >= 4 is 34.7 Å². The Morgan fingerprint density at radius 3 is 2.31 bits per heavy atom. The Bertz CT molecular complexity index is 1540. The molecule has 36 heavy (non-hydrogen) atoms. The normalized spacial score (nSPS) is 13.7. The van der Waals surface area contributed by atoms with Gasteiger partial charge in [-0.2, -0.15) is 5.10 Å². The number of aromatic carboxylic acids is 1. The van der Waals surface area contributed by atoms with Gasteiger partial charge >= 0.3 is 5.97 Å². The lowest BCUT2D eigenvalue weighted by Gasteiger charge is -2.17. The molecule has 0 bridgehead atoms. The first-order chi connectivity index (χ1) is 17.3. The zero-order chi connectivity index (χ0) is 25.4. The Morgan fingerprint density at radius 2 is 1.56 bits per heavy atom. The van der Waals surface area contributed by atoms with E-state index in [1.165, 1.54) is 17.0 Å². The van der Waals surface area contributed by atoms with Gasteiger partial charge in [0.25, 0.3) is 5.91 Å². The SMILES string of the molecule is Cc1cc(C)cc(-c2cccc(NN=C3C(=O)N(c4cccc(C(=O)O)c4)c4ccccc43)c2O)c1. The van der Waals surface area contributed by atoms with Crippen LogP contribution in [0.4, 0.5) is 17.1 Å². The number of anilines is 3. The summed E-state index contributed by atoms with van der Waals surface area (Å²) in [6.45, 7) is 4.01. The lowest BCUT2D eigenvalue weighted by atomic mass is 9.99. The highest BCUT2D eigenvalue weighted by molar-refractivity contribution is 6.55. The molecule has 0 saturated heterocycles. The standard InChI is InChI=1S/C29H23N3O4/c1-17-13-18(2)15-20(14-17)22-10-6-11-24(27(22)33)30-31-26-23-9-3-4-12-25(23)32(28(26)34)21-8-5-7-19(16-21)29(35)36/h3-16,30,33H,1-2H3,(H,35,36). The van der Waals surface area contributed by atoms with Gasteiger partial charge in [0, 0.05) is 11.1 Å². The third-order valence-electron chi connectivity index (χ3n) is 6.01. The van der Waals surface area contributed by atoms with Crippen LogP contribution in [0.2, 0.25) is 0 Å². The van der Waals surface area contributed by atoms with E-state index in [9.17, 15) is 19.8 Å². The van der Waals surface area contributed by atoms with Crippen LogP contribution < -0.4 is 10.3 Å². The molecule has 7 nitrogen and oxygen atoms in total. The van der Waals surface area contributed by atoms with Crippen molar-refractivity contribution in [3.05, 3.63) is 107 Å². The zero-order valence-corrected chi connectivity index (χ0v) is 19.7. The number of carboxylic acid groups (broad SMARTS) is 1. The van der Waals surface area contributed by atoms with E-state index in [0.717, 1.165) is 16.7 Å². The van der Waals surface area contributed by atoms with Crippen molar-refractivity contribution < 1.29 is 19.8 Å². The molecule has 4 aromatic rings. The third-order valence-corrected chi connectivity index (χ3v) is 6.01. The largest absolute Gasteiger partial charge is 0.505 e. The molecule has 1 heterocycles. The molecule has 5 rings (SSSR count). The van der Waals surface area contributed by atoms with Crippen LogP contribution >= 0.6 is 0 Å². The first kappa shape index (κ1) is 22.9. The number of hydrogen-bond donors (Lipinski definition) is 3. The summed E-state index contributed by atoms with van der Waals surface area (Å²) in [5.74, 6) is -1.46. The Balaban J connectivity index is 1.52. The van der Waals surface area contributed by atoms with Crippen LogP contribution in [0, 0.1) is 13.8 Å². The maximum atomic E-state index is 13.5. The third kappa shape index (κ3) is 4.07. The highest BCUT2D eigenvalue weighted by Crippen LogP contribution is 2.38. The predicted molar refractivity (Wildman–Crippen MR) is 140 cm³/mol. The molecule has 0 radical (unpaired) electrons. The average Bonchev–Trinajstić information content (AvgIpc) is 3.14. The highest BCUT2D eigenvalue weighted by atomic mass is 16.4. The summed E-state index contributed by atoms with van der Waals surface area (Å²) in [5, 5.41) is 24.7. The lowest BCUT2D eigenvalue weighted by Crippen LogP contribution is -2.26. The Hall–Kier alpha value is -4.91. The van der Waals surface area contributed by atoms with Crippen LogP contribution in [0.3, 0.4) is 0 Å². The van der Waals surface area contributed by atoms with E-state index in [-0.39, 0.29) is 17.0 Å². The first-order valence-electron chi connectivity index (χ1n) is 11.3. The van der Waals surface area contributed by atoms with Gasteiger partial charge in [0.15, 0.2) is 5.71 Å². The number of carbonyl (C=O) groups is 2. The summed E-state index contributed by atoms with van der Waals surface area (Å²) in [6, 6.07) is 24.7. The van der Waals surface area contributed by atoms with Gasteiger partial charge in [-0.1, -0.05) is 65.7 Å². The Morgan fingerprint density at radius 1 is 0.861 bits per heavy atom. The zero-order valence-electron chi connectivity index (χ0n) is 19.7. The molecule has 0 aromatic heterocycles. The van der Waals surface area contributed by atoms with Gasteiger partial charge in [-0.25, -0.2) is 4.79 Å². The van der Waals surface area contributed by atoms with Crippen LogP contribution in [0.15, 0.2) is 90.0 Å². The fourth-order valence-electron chi connectivity index (χ4n) is 4.45. The second kappa shape index (κ2) is 9.03. The fraction of sp³-hybridized carbons (Fsp3) is 0.0690. The number of hydrogen-bond acceptors (Lipinski definition) is 5. The molecule has 0 atom stereocenters. The smallest absolute Gasteiger partial charge is 0.335 e. The van der Waals surface area contributed by atoms with Gasteiger partial charge in [0.1, 0.15) is 5.75 Å². The van der Waals surface area contributed by atoms with Crippen LogP contribution in [0.5, 0.6) is 5.75 Å². The number of hydrazone groups is 1. The van der Waals surface area contributed by atoms with E-state index in [1.54, 1.807) is 42.5 Å². The van der Waals surface area contributed by atoms with Crippen molar-refractivity contribution in [3.8, 4) is 16.9 Å². The number of nitrogens with zero attached hydrogens (tertiary/aromatic N) is 2. The highest BCUT2D eigenvalue weighted by Gasteiger charge is 2.35. The Kier molecular flexibility index (Phi) is 5.74. The number of nitrogens with one attached hydrogen (secondary N) is 1. The van der Waals surface area contributed by atoms with E-state index in [4.69, 9.17) is 0 Å². The maximum Gasteiger partial charge on any atom is 0.335 e. The average molecular weight is 478 g/mol. The van der Waals surface area contributed by atoms with E-state index < -0.39 is 11.9 Å². The number of phenolic OH excluding ortho intramolecular Hbond substituents is 1. The molecule has 4 aromatic carbocycles. The molecule has 0 aliphatic carbocycles. The fourth-order valence-corrected chi connectivity index (χ4v) is 4.45. The molecule has 1 aliphatic heterocycles. The van der Waals surface area contributed by atoms with Crippen LogP contribution in [-0.4, -0.2) is 27.8 Å². The summed E-state index contributed by atoms with van der Waals surface area (Å²) < 4.78 is 0. The molecule has 0 spiro atoms. The minimum atomic E-state index is -1.08. The number of aryl methyl sites for hydroxylation is 2. The van der Waals surface area contributed by atoms with E-state index in [2.05, 4.69) is 16.6 Å². The van der Waals surface area contributed by atoms with Crippen molar-refractivity contribution in [2.24, 2.45) is 5.10 Å². The second-order valence-corrected chi connectivity index (χ2v) is 8.66. The number of fused-ring (bicyclic) bond motifs is 1. The van der Waals surface area contributed by atoms with Gasteiger partial charge in [-0.05, 0) is 49.7 Å². The van der Waals surface area contributed by atoms with Gasteiger partial charge < -0.3 is 10.2 Å². The molecule has 1 amide bonds. The van der Waals surface area contributed by atoms with Crippen molar-refractivity contribution in [2.75, 3.05) is 10.3 Å². The van der Waals surface area contributed by atoms with Crippen molar-refractivity contribution in [1.82, 2.24) is 0 Å². The number of amides is 1. The predicted octanol–water partition coefficient (Wildman–Crippen LogP) is 5.87. The number of carboxylic acids is 1. The van der Waals surface area contributed by atoms with Crippen molar-refractivity contribution in [1.29, 1.82) is 0 Å². The number of aromatic hydroxyl groups is 1. The van der Waals surface area contributed by atoms with E-state index >= 15 is 0 Å². The molecule has 178 valence electrons. The van der Waals surface area contributed by atoms with Gasteiger partial charge in [0.05, 0.1) is 22.6 Å². The molecule has 0 fully saturated rings. The molecule has 1 aliphatic rings. The molecule has 3 N–H and O–H groups in total. The molecule has 0 saturated carbocycles. The molecular formula is C29H23N3O4. The van der Waals surface area contributed by atoms with Crippen LogP contribution in [0.25, 0.3) is 11.1 Å².